The molecule has 0 saturated heterocycles. The number of nitrogens with one attached hydrogen (secondary N) is 1. The van der Waals surface area contributed by atoms with E-state index in [2.05, 4.69) is 20.9 Å². The van der Waals surface area contributed by atoms with Gasteiger partial charge in [0.15, 0.2) is 0 Å². The number of halogens is 2. The van der Waals surface area contributed by atoms with Crippen molar-refractivity contribution in [1.29, 1.82) is 0 Å². The molecule has 7 heteroatoms. The minimum Gasteiger partial charge on any atom is -0.356 e. The summed E-state index contributed by atoms with van der Waals surface area (Å²) in [6, 6.07) is 8.12. The zero-order chi connectivity index (χ0) is 14.4. The Morgan fingerprint density at radius 3 is 2.73 bits per heavy atom. The Morgan fingerprint density at radius 1 is 1.27 bits per heavy atom. The number of nitrogens with zero attached hydrogens (tertiary/aromatic N) is 2. The van der Waals surface area contributed by atoms with Crippen molar-refractivity contribution < 1.29 is 4.79 Å². The molecule has 0 aliphatic heterocycles. The van der Waals surface area contributed by atoms with Crippen LogP contribution in [0.4, 0.5) is 0 Å². The van der Waals surface area contributed by atoms with E-state index >= 15 is 0 Å². The molecule has 2 rings (SSSR count). The zero-order valence-corrected chi connectivity index (χ0v) is 14.4. The molecule has 0 radical (unpaired) electrons. The van der Waals surface area contributed by atoms with Gasteiger partial charge in [-0.05, 0) is 38.4 Å². The summed E-state index contributed by atoms with van der Waals surface area (Å²) in [6.45, 7) is 4.13. The molecule has 124 valence electrons. The molecule has 0 atom stereocenters. The number of imidazole rings is 1. The molecular weight excluding hydrogens is 323 g/mol. The number of aromatic nitrogens is 2. The number of carbonyl (C=O) groups is 1. The quantitative estimate of drug-likeness (QED) is 0.756. The van der Waals surface area contributed by atoms with Crippen molar-refractivity contribution in [3.63, 3.8) is 0 Å². The maximum absolute atomic E-state index is 11.5. The van der Waals surface area contributed by atoms with Crippen LogP contribution in [0.1, 0.15) is 25.1 Å². The molecule has 1 aromatic carbocycles. The van der Waals surface area contributed by atoms with Crippen molar-refractivity contribution in [2.45, 2.75) is 32.7 Å². The second kappa shape index (κ2) is 10.4. The predicted octanol–water partition coefficient (Wildman–Crippen LogP) is 2.43. The molecule has 3 N–H and O–H groups in total. The fraction of sp³-hybridized carbons (Fsp3) is 0.467. The second-order valence-corrected chi connectivity index (χ2v) is 4.90. The lowest BCUT2D eigenvalue weighted by Gasteiger charge is -2.08. The van der Waals surface area contributed by atoms with Gasteiger partial charge in [-0.3, -0.25) is 4.79 Å². The second-order valence-electron chi connectivity index (χ2n) is 4.90. The number of para-hydroxylation sites is 2. The van der Waals surface area contributed by atoms with Crippen LogP contribution in [0, 0.1) is 6.92 Å². The van der Waals surface area contributed by atoms with E-state index in [4.69, 9.17) is 5.73 Å². The minimum atomic E-state index is 0. The highest BCUT2D eigenvalue weighted by Crippen LogP contribution is 2.15. The molecule has 5 nitrogen and oxygen atoms in total. The molecule has 22 heavy (non-hydrogen) atoms. The summed E-state index contributed by atoms with van der Waals surface area (Å²) in [4.78, 5) is 16.0. The van der Waals surface area contributed by atoms with Crippen LogP contribution in [0.3, 0.4) is 0 Å². The first-order valence-corrected chi connectivity index (χ1v) is 7.11. The van der Waals surface area contributed by atoms with Crippen molar-refractivity contribution in [1.82, 2.24) is 14.9 Å². The first kappa shape index (κ1) is 20.7. The van der Waals surface area contributed by atoms with Gasteiger partial charge in [0.1, 0.15) is 5.82 Å². The van der Waals surface area contributed by atoms with Crippen LogP contribution < -0.4 is 11.1 Å². The molecule has 0 spiro atoms. The Balaban J connectivity index is 0.00000220. The van der Waals surface area contributed by atoms with Gasteiger partial charge in [-0.25, -0.2) is 4.98 Å². The number of rotatable bonds is 7. The van der Waals surface area contributed by atoms with Crippen LogP contribution in [-0.4, -0.2) is 28.5 Å². The number of amides is 1. The van der Waals surface area contributed by atoms with Gasteiger partial charge in [-0.15, -0.1) is 24.8 Å². The van der Waals surface area contributed by atoms with Crippen LogP contribution in [0.15, 0.2) is 24.3 Å². The molecule has 1 amide bonds. The highest BCUT2D eigenvalue weighted by atomic mass is 35.5. The third-order valence-electron chi connectivity index (χ3n) is 3.33. The molecule has 0 saturated carbocycles. The summed E-state index contributed by atoms with van der Waals surface area (Å²) in [7, 11) is 0. The number of nitrogens with two attached hydrogens (primary N) is 1. The molecule has 0 bridgehead atoms. The summed E-state index contributed by atoms with van der Waals surface area (Å²) >= 11 is 0. The van der Waals surface area contributed by atoms with Crippen molar-refractivity contribution in [3.05, 3.63) is 30.1 Å². The highest BCUT2D eigenvalue weighted by Gasteiger charge is 2.06. The first-order valence-electron chi connectivity index (χ1n) is 7.11. The summed E-state index contributed by atoms with van der Waals surface area (Å²) in [5.41, 5.74) is 7.55. The summed E-state index contributed by atoms with van der Waals surface area (Å²) in [5, 5.41) is 2.92. The van der Waals surface area contributed by atoms with Crippen LogP contribution in [0.25, 0.3) is 11.0 Å². The van der Waals surface area contributed by atoms with E-state index < -0.39 is 0 Å². The molecule has 0 aliphatic rings. The minimum absolute atomic E-state index is 0. The van der Waals surface area contributed by atoms with E-state index in [1.807, 2.05) is 25.1 Å². The number of carbonyl (C=O) groups excluding carboxylic acids is 1. The molecule has 0 aliphatic carbocycles. The van der Waals surface area contributed by atoms with Gasteiger partial charge in [0.05, 0.1) is 11.0 Å². The van der Waals surface area contributed by atoms with Gasteiger partial charge >= 0.3 is 0 Å². The highest BCUT2D eigenvalue weighted by molar-refractivity contribution is 5.85. The smallest absolute Gasteiger partial charge is 0.220 e. The maximum Gasteiger partial charge on any atom is 0.220 e. The number of hydrogen-bond donors (Lipinski definition) is 2. The molecule has 2 aromatic rings. The van der Waals surface area contributed by atoms with Crippen LogP contribution in [-0.2, 0) is 11.3 Å². The normalized spacial score (nSPS) is 9.91. The van der Waals surface area contributed by atoms with Crippen molar-refractivity contribution in [2.75, 3.05) is 13.1 Å². The summed E-state index contributed by atoms with van der Waals surface area (Å²) in [5.74, 6) is 1.10. The largest absolute Gasteiger partial charge is 0.356 e. The average molecular weight is 347 g/mol. The van der Waals surface area contributed by atoms with E-state index in [1.54, 1.807) is 0 Å². The Morgan fingerprint density at radius 2 is 2.00 bits per heavy atom. The Hall–Kier alpha value is -1.30. The van der Waals surface area contributed by atoms with Gasteiger partial charge < -0.3 is 15.6 Å². The third kappa shape index (κ3) is 5.48. The van der Waals surface area contributed by atoms with E-state index in [1.165, 1.54) is 0 Å². The SMILES string of the molecule is Cc1nc2ccccc2n1CCCNC(=O)CCCN.Cl.Cl. The predicted molar refractivity (Wildman–Crippen MR) is 94.9 cm³/mol. The first-order chi connectivity index (χ1) is 9.72. The standard InChI is InChI=1S/C15H22N4O.2ClH/c1-12-18-13-6-2-3-7-14(13)19(12)11-5-10-17-15(20)8-4-9-16;;/h2-3,6-7H,4-5,8-11,16H2,1H3,(H,17,20);2*1H. The van der Waals surface area contributed by atoms with E-state index in [0.29, 0.717) is 19.5 Å². The zero-order valence-electron chi connectivity index (χ0n) is 12.7. The lowest BCUT2D eigenvalue weighted by molar-refractivity contribution is -0.121. The Bertz CT molecular complexity index is 586. The summed E-state index contributed by atoms with van der Waals surface area (Å²) < 4.78 is 2.20. The maximum atomic E-state index is 11.5. The van der Waals surface area contributed by atoms with Gasteiger partial charge in [0, 0.05) is 19.5 Å². The molecule has 0 fully saturated rings. The fourth-order valence-corrected chi connectivity index (χ4v) is 2.29. The van der Waals surface area contributed by atoms with Crippen LogP contribution >= 0.6 is 24.8 Å². The topological polar surface area (TPSA) is 72.9 Å². The van der Waals surface area contributed by atoms with Crippen molar-refractivity contribution in [2.24, 2.45) is 5.73 Å². The number of benzene rings is 1. The van der Waals surface area contributed by atoms with Gasteiger partial charge in [-0.2, -0.15) is 0 Å². The Kier molecular flexibility index (Phi) is 9.81. The van der Waals surface area contributed by atoms with Crippen molar-refractivity contribution >= 4 is 41.8 Å². The third-order valence-corrected chi connectivity index (χ3v) is 3.33. The number of hydrogen-bond acceptors (Lipinski definition) is 3. The summed E-state index contributed by atoms with van der Waals surface area (Å²) in [6.07, 6.45) is 2.16. The van der Waals surface area contributed by atoms with Gasteiger partial charge in [-0.1, -0.05) is 12.1 Å². The van der Waals surface area contributed by atoms with Crippen molar-refractivity contribution in [3.8, 4) is 0 Å². The lowest BCUT2D eigenvalue weighted by Crippen LogP contribution is -2.25. The van der Waals surface area contributed by atoms with E-state index in [0.717, 1.165) is 36.2 Å². The monoisotopic (exact) mass is 346 g/mol. The lowest BCUT2D eigenvalue weighted by atomic mass is 10.3. The molecular formula is C15H24Cl2N4O. The fourth-order valence-electron chi connectivity index (χ4n) is 2.29. The average Bonchev–Trinajstić information content (AvgIpc) is 2.77. The Labute approximate surface area is 143 Å². The molecule has 1 aromatic heterocycles. The van der Waals surface area contributed by atoms with Crippen LogP contribution in [0.2, 0.25) is 0 Å². The van der Waals surface area contributed by atoms with Gasteiger partial charge in [0.25, 0.3) is 0 Å². The van der Waals surface area contributed by atoms with Gasteiger partial charge in [0.2, 0.25) is 5.91 Å². The molecule has 0 unspecified atom stereocenters. The van der Waals surface area contributed by atoms with E-state index in [-0.39, 0.29) is 30.7 Å². The number of aryl methyl sites for hydroxylation is 2. The number of fused-ring (bicyclic) bond motifs is 1. The molecule has 1 heterocycles. The van der Waals surface area contributed by atoms with E-state index in [9.17, 15) is 4.79 Å². The van der Waals surface area contributed by atoms with Crippen LogP contribution in [0.5, 0.6) is 0 Å².